The fourth-order valence-electron chi connectivity index (χ4n) is 0.824. The largest absolute Gasteiger partial charge is 0.381 e. The summed E-state index contributed by atoms with van der Waals surface area (Å²) in [5.41, 5.74) is 1.21. The zero-order valence-corrected chi connectivity index (χ0v) is 12.5. The smallest absolute Gasteiger partial charge is 0.0465 e. The van der Waals surface area contributed by atoms with Gasteiger partial charge in [-0.2, -0.15) is 0 Å². The monoisotopic (exact) mass is 242 g/mol. The lowest BCUT2D eigenvalue weighted by molar-refractivity contribution is 0.132. The van der Waals surface area contributed by atoms with E-state index in [1.54, 1.807) is 13.3 Å². The van der Waals surface area contributed by atoms with Crippen LogP contribution < -0.4 is 0 Å². The van der Waals surface area contributed by atoms with Crippen molar-refractivity contribution in [3.8, 4) is 0 Å². The van der Waals surface area contributed by atoms with Gasteiger partial charge in [-0.3, -0.25) is 4.99 Å². The van der Waals surface area contributed by atoms with Crippen LogP contribution in [0.1, 0.15) is 40.0 Å². The van der Waals surface area contributed by atoms with Crippen LogP contribution in [-0.2, 0) is 4.74 Å². The zero-order chi connectivity index (χ0) is 13.5. The van der Waals surface area contributed by atoms with E-state index in [9.17, 15) is 0 Å². The van der Waals surface area contributed by atoms with Crippen molar-refractivity contribution in [1.29, 1.82) is 0 Å². The molecule has 0 aromatic heterocycles. The van der Waals surface area contributed by atoms with Crippen LogP contribution in [0.5, 0.6) is 0 Å². The van der Waals surface area contributed by atoms with Crippen LogP contribution in [0.15, 0.2) is 16.8 Å². The average molecular weight is 242 g/mol. The van der Waals surface area contributed by atoms with Crippen LogP contribution in [0.4, 0.5) is 0 Å². The Bertz CT molecular complexity index is 192. The molecule has 0 spiro atoms. The molecule has 0 heterocycles. The van der Waals surface area contributed by atoms with Gasteiger partial charge >= 0.3 is 0 Å². The Morgan fingerprint density at radius 1 is 1.18 bits per heavy atom. The second-order valence-corrected chi connectivity index (χ2v) is 4.08. The standard InChI is InChI=1S/C7H14N2.C7H16O/c1-7(9(3)4)5-6-8-2;1-3-5-7-8-6-4-2/h5-6H,1-4H3;3-7H2,1-2H3/b7-5+,8-6?;. The summed E-state index contributed by atoms with van der Waals surface area (Å²) in [7, 11) is 5.78. The quantitative estimate of drug-likeness (QED) is 0.505. The van der Waals surface area contributed by atoms with E-state index in [0.717, 1.165) is 19.6 Å². The summed E-state index contributed by atoms with van der Waals surface area (Å²) >= 11 is 0. The molecule has 0 aromatic carbocycles. The Kier molecular flexibility index (Phi) is 16.5. The molecule has 0 aromatic rings. The normalized spacial score (nSPS) is 11.3. The number of hydrogen-bond donors (Lipinski definition) is 0. The van der Waals surface area contributed by atoms with Crippen molar-refractivity contribution < 1.29 is 4.74 Å². The Morgan fingerprint density at radius 2 is 1.82 bits per heavy atom. The first-order valence-electron chi connectivity index (χ1n) is 6.44. The number of hydrogen-bond acceptors (Lipinski definition) is 3. The molecular weight excluding hydrogens is 212 g/mol. The van der Waals surface area contributed by atoms with Crippen molar-refractivity contribution in [1.82, 2.24) is 4.90 Å². The van der Waals surface area contributed by atoms with Gasteiger partial charge in [0.2, 0.25) is 0 Å². The minimum atomic E-state index is 0.931. The van der Waals surface area contributed by atoms with Gasteiger partial charge in [-0.15, -0.1) is 0 Å². The van der Waals surface area contributed by atoms with E-state index in [4.69, 9.17) is 4.74 Å². The summed E-state index contributed by atoms with van der Waals surface area (Å²) in [5, 5.41) is 0. The third kappa shape index (κ3) is 17.8. The molecule has 0 aliphatic carbocycles. The molecule has 17 heavy (non-hydrogen) atoms. The van der Waals surface area contributed by atoms with Gasteiger partial charge in [0.15, 0.2) is 0 Å². The van der Waals surface area contributed by atoms with Gasteiger partial charge < -0.3 is 9.64 Å². The van der Waals surface area contributed by atoms with E-state index in [1.165, 1.54) is 18.5 Å². The molecule has 0 N–H and O–H groups in total. The molecule has 0 radical (unpaired) electrons. The van der Waals surface area contributed by atoms with Gasteiger partial charge in [0.25, 0.3) is 0 Å². The maximum Gasteiger partial charge on any atom is 0.0465 e. The first-order chi connectivity index (χ1) is 8.09. The first kappa shape index (κ1) is 18.5. The lowest BCUT2D eigenvalue weighted by atomic mass is 10.4. The number of allylic oxidation sites excluding steroid dienone is 2. The molecule has 0 amide bonds. The molecular formula is C14H30N2O. The second kappa shape index (κ2) is 15.2. The highest BCUT2D eigenvalue weighted by atomic mass is 16.5. The zero-order valence-electron chi connectivity index (χ0n) is 12.5. The molecule has 102 valence electrons. The van der Waals surface area contributed by atoms with Gasteiger partial charge in [-0.25, -0.2) is 0 Å². The molecule has 0 saturated carbocycles. The molecule has 0 aliphatic heterocycles. The number of aliphatic imine (C=N–C) groups is 1. The molecule has 0 atom stereocenters. The number of unbranched alkanes of at least 4 members (excludes halogenated alkanes) is 1. The average Bonchev–Trinajstić information content (AvgIpc) is 2.32. The summed E-state index contributed by atoms with van der Waals surface area (Å²) < 4.78 is 5.22. The topological polar surface area (TPSA) is 24.8 Å². The molecule has 3 heteroatoms. The number of rotatable bonds is 7. The van der Waals surface area contributed by atoms with Crippen LogP contribution in [0.25, 0.3) is 0 Å². The minimum absolute atomic E-state index is 0.931. The summed E-state index contributed by atoms with van der Waals surface area (Å²) in [4.78, 5) is 5.87. The van der Waals surface area contributed by atoms with Crippen LogP contribution in [0.3, 0.4) is 0 Å². The van der Waals surface area contributed by atoms with Gasteiger partial charge in [0.05, 0.1) is 0 Å². The fourth-order valence-corrected chi connectivity index (χ4v) is 0.824. The van der Waals surface area contributed by atoms with Crippen LogP contribution in [0, 0.1) is 0 Å². The van der Waals surface area contributed by atoms with Crippen molar-refractivity contribution in [3.05, 3.63) is 11.8 Å². The maximum atomic E-state index is 5.22. The molecule has 0 bridgehead atoms. The fraction of sp³-hybridized carbons (Fsp3) is 0.786. The van der Waals surface area contributed by atoms with E-state index < -0.39 is 0 Å². The van der Waals surface area contributed by atoms with Crippen molar-refractivity contribution in [2.75, 3.05) is 34.4 Å². The van der Waals surface area contributed by atoms with Crippen molar-refractivity contribution in [2.24, 2.45) is 4.99 Å². The summed E-state index contributed by atoms with van der Waals surface area (Å²) in [5.74, 6) is 0. The summed E-state index contributed by atoms with van der Waals surface area (Å²) in [6, 6.07) is 0. The van der Waals surface area contributed by atoms with E-state index >= 15 is 0 Å². The molecule has 0 rings (SSSR count). The SMILES string of the molecule is CCCCOCCC.CN=C/C=C(\C)N(C)C. The molecule has 3 nitrogen and oxygen atoms in total. The van der Waals surface area contributed by atoms with Crippen molar-refractivity contribution >= 4 is 6.21 Å². The van der Waals surface area contributed by atoms with E-state index in [0.29, 0.717) is 0 Å². The highest BCUT2D eigenvalue weighted by Gasteiger charge is 1.85. The highest BCUT2D eigenvalue weighted by Crippen LogP contribution is 1.92. The van der Waals surface area contributed by atoms with E-state index in [1.807, 2.05) is 32.0 Å². The first-order valence-corrected chi connectivity index (χ1v) is 6.44. The highest BCUT2D eigenvalue weighted by molar-refractivity contribution is 5.71. The van der Waals surface area contributed by atoms with E-state index in [-0.39, 0.29) is 0 Å². The van der Waals surface area contributed by atoms with Gasteiger partial charge in [0, 0.05) is 46.3 Å². The third-order valence-electron chi connectivity index (χ3n) is 2.16. The van der Waals surface area contributed by atoms with Crippen LogP contribution in [-0.4, -0.2) is 45.5 Å². The van der Waals surface area contributed by atoms with Crippen molar-refractivity contribution in [3.63, 3.8) is 0 Å². The molecule has 0 unspecified atom stereocenters. The number of nitrogens with zero attached hydrogens (tertiary/aromatic N) is 2. The molecule has 0 aliphatic rings. The van der Waals surface area contributed by atoms with Crippen LogP contribution in [0.2, 0.25) is 0 Å². The Balaban J connectivity index is 0. The van der Waals surface area contributed by atoms with E-state index in [2.05, 4.69) is 18.8 Å². The lowest BCUT2D eigenvalue weighted by Gasteiger charge is -2.10. The predicted molar refractivity (Wildman–Crippen MR) is 77.9 cm³/mol. The Morgan fingerprint density at radius 3 is 2.24 bits per heavy atom. The Labute approximate surface area is 108 Å². The third-order valence-corrected chi connectivity index (χ3v) is 2.16. The van der Waals surface area contributed by atoms with Gasteiger partial charge in [-0.05, 0) is 25.8 Å². The predicted octanol–water partition coefficient (Wildman–Crippen LogP) is 3.37. The number of ether oxygens (including phenoxy) is 1. The maximum absolute atomic E-state index is 5.22. The Hall–Kier alpha value is -0.830. The van der Waals surface area contributed by atoms with Gasteiger partial charge in [-0.1, -0.05) is 20.3 Å². The second-order valence-electron chi connectivity index (χ2n) is 4.08. The van der Waals surface area contributed by atoms with Gasteiger partial charge in [0.1, 0.15) is 0 Å². The molecule has 0 saturated heterocycles. The lowest BCUT2D eigenvalue weighted by Crippen LogP contribution is -2.07. The van der Waals surface area contributed by atoms with Crippen molar-refractivity contribution in [2.45, 2.75) is 40.0 Å². The van der Waals surface area contributed by atoms with Crippen LogP contribution >= 0.6 is 0 Å². The minimum Gasteiger partial charge on any atom is -0.381 e. The summed E-state index contributed by atoms with van der Waals surface area (Å²) in [6.07, 6.45) is 7.35. The summed E-state index contributed by atoms with van der Waals surface area (Å²) in [6.45, 7) is 8.23. The molecule has 0 fully saturated rings.